The van der Waals surface area contributed by atoms with Gasteiger partial charge in [-0.2, -0.15) is 0 Å². The van der Waals surface area contributed by atoms with Crippen LogP contribution < -0.4 is 5.32 Å². The van der Waals surface area contributed by atoms with Gasteiger partial charge in [0.15, 0.2) is 0 Å². The molecule has 25 heavy (non-hydrogen) atoms. The number of carbonyl (C=O) groups is 1. The van der Waals surface area contributed by atoms with Crippen molar-refractivity contribution in [3.8, 4) is 0 Å². The normalized spacial score (nSPS) is 11.1. The predicted molar refractivity (Wildman–Crippen MR) is 99.5 cm³/mol. The number of aryl methyl sites for hydroxylation is 2. The van der Waals surface area contributed by atoms with Crippen molar-refractivity contribution >= 4 is 33.5 Å². The zero-order valence-electron chi connectivity index (χ0n) is 13.9. The van der Waals surface area contributed by atoms with Crippen LogP contribution in [0.15, 0.2) is 54.7 Å². The molecule has 0 aliphatic heterocycles. The molecule has 0 saturated heterocycles. The van der Waals surface area contributed by atoms with Crippen molar-refractivity contribution in [2.75, 3.05) is 5.32 Å². The molecular formula is C20H18N4O. The molecule has 0 unspecified atom stereocenters. The Morgan fingerprint density at radius 1 is 1.08 bits per heavy atom. The molecule has 4 rings (SSSR count). The first-order chi connectivity index (χ1) is 12.2. The maximum absolute atomic E-state index is 12.1. The van der Waals surface area contributed by atoms with Gasteiger partial charge in [0.05, 0.1) is 11.7 Å². The van der Waals surface area contributed by atoms with E-state index in [-0.39, 0.29) is 5.91 Å². The molecule has 0 radical (unpaired) electrons. The van der Waals surface area contributed by atoms with Crippen molar-refractivity contribution in [3.05, 3.63) is 66.1 Å². The molecule has 1 amide bonds. The van der Waals surface area contributed by atoms with E-state index in [1.54, 1.807) is 6.07 Å². The van der Waals surface area contributed by atoms with Crippen LogP contribution in [0, 0.1) is 6.92 Å². The fourth-order valence-corrected chi connectivity index (χ4v) is 2.99. The number of H-pyrrole nitrogens is 1. The van der Waals surface area contributed by atoms with E-state index < -0.39 is 0 Å². The van der Waals surface area contributed by atoms with Gasteiger partial charge in [-0.1, -0.05) is 24.3 Å². The number of nitrogens with one attached hydrogen (secondary N) is 2. The van der Waals surface area contributed by atoms with Crippen LogP contribution in [0.25, 0.3) is 21.8 Å². The number of aromatic nitrogens is 3. The minimum absolute atomic E-state index is 0.0566. The van der Waals surface area contributed by atoms with E-state index in [0.29, 0.717) is 18.7 Å². The SMILES string of the molecule is Cc1cccc(NC(=O)CCc2cc3c(cn2)[nH]c2ccccc23)n1. The molecule has 3 heterocycles. The van der Waals surface area contributed by atoms with Crippen LogP contribution in [-0.2, 0) is 11.2 Å². The number of nitrogens with zero attached hydrogens (tertiary/aromatic N) is 2. The maximum atomic E-state index is 12.1. The summed E-state index contributed by atoms with van der Waals surface area (Å²) in [5.41, 5.74) is 3.90. The number of pyridine rings is 2. The molecule has 4 aromatic rings. The van der Waals surface area contributed by atoms with Crippen molar-refractivity contribution in [2.45, 2.75) is 19.8 Å². The van der Waals surface area contributed by atoms with Gasteiger partial charge < -0.3 is 10.3 Å². The molecule has 0 aliphatic rings. The molecule has 0 aliphatic carbocycles. The van der Waals surface area contributed by atoms with Gasteiger partial charge in [-0.25, -0.2) is 4.98 Å². The molecule has 0 bridgehead atoms. The average Bonchev–Trinajstić information content (AvgIpc) is 2.98. The molecular weight excluding hydrogens is 312 g/mol. The summed E-state index contributed by atoms with van der Waals surface area (Å²) in [5.74, 6) is 0.531. The number of rotatable bonds is 4. The molecule has 2 N–H and O–H groups in total. The summed E-state index contributed by atoms with van der Waals surface area (Å²) >= 11 is 0. The first kappa shape index (κ1) is 15.3. The Morgan fingerprint density at radius 2 is 1.96 bits per heavy atom. The van der Waals surface area contributed by atoms with Crippen LogP contribution in [0.3, 0.4) is 0 Å². The largest absolute Gasteiger partial charge is 0.353 e. The first-order valence-electron chi connectivity index (χ1n) is 8.28. The van der Waals surface area contributed by atoms with E-state index in [4.69, 9.17) is 0 Å². The standard InChI is InChI=1S/C20H18N4O/c1-13-5-4-8-19(22-13)24-20(25)10-9-14-11-16-15-6-2-3-7-17(15)23-18(16)12-21-14/h2-8,11-12,23H,9-10H2,1H3,(H,22,24,25). The monoisotopic (exact) mass is 330 g/mol. The lowest BCUT2D eigenvalue weighted by atomic mass is 10.1. The highest BCUT2D eigenvalue weighted by molar-refractivity contribution is 6.06. The van der Waals surface area contributed by atoms with Crippen molar-refractivity contribution in [2.24, 2.45) is 0 Å². The number of anilines is 1. The topological polar surface area (TPSA) is 70.7 Å². The van der Waals surface area contributed by atoms with E-state index in [1.165, 1.54) is 5.39 Å². The lowest BCUT2D eigenvalue weighted by molar-refractivity contribution is -0.116. The third-order valence-corrected chi connectivity index (χ3v) is 4.21. The zero-order chi connectivity index (χ0) is 17.2. The summed E-state index contributed by atoms with van der Waals surface area (Å²) in [6.07, 6.45) is 2.80. The second kappa shape index (κ2) is 6.36. The smallest absolute Gasteiger partial charge is 0.225 e. The zero-order valence-corrected chi connectivity index (χ0v) is 13.9. The van der Waals surface area contributed by atoms with Gasteiger partial charge in [0.2, 0.25) is 5.91 Å². The lowest BCUT2D eigenvalue weighted by Crippen LogP contribution is -2.13. The molecule has 3 aromatic heterocycles. The Balaban J connectivity index is 1.49. The number of hydrogen-bond donors (Lipinski definition) is 2. The number of hydrogen-bond acceptors (Lipinski definition) is 3. The van der Waals surface area contributed by atoms with Crippen LogP contribution in [0.4, 0.5) is 5.82 Å². The third kappa shape index (κ3) is 3.21. The van der Waals surface area contributed by atoms with E-state index >= 15 is 0 Å². The Labute approximate surface area is 145 Å². The van der Waals surface area contributed by atoms with Crippen LogP contribution in [0.2, 0.25) is 0 Å². The van der Waals surface area contributed by atoms with Gasteiger partial charge in [0.25, 0.3) is 0 Å². The number of fused-ring (bicyclic) bond motifs is 3. The summed E-state index contributed by atoms with van der Waals surface area (Å²) < 4.78 is 0. The van der Waals surface area contributed by atoms with Crippen molar-refractivity contribution in [1.29, 1.82) is 0 Å². The predicted octanol–water partition coefficient (Wildman–Crippen LogP) is 3.99. The number of carbonyl (C=O) groups excluding carboxylic acids is 1. The molecule has 0 spiro atoms. The second-order valence-corrected chi connectivity index (χ2v) is 6.10. The number of amides is 1. The highest BCUT2D eigenvalue weighted by atomic mass is 16.1. The Morgan fingerprint density at radius 3 is 2.84 bits per heavy atom. The fraction of sp³-hybridized carbons (Fsp3) is 0.150. The third-order valence-electron chi connectivity index (χ3n) is 4.21. The van der Waals surface area contributed by atoms with Gasteiger partial charge in [-0.15, -0.1) is 0 Å². The van der Waals surface area contributed by atoms with Gasteiger partial charge in [0.1, 0.15) is 5.82 Å². The highest BCUT2D eigenvalue weighted by Gasteiger charge is 2.08. The Kier molecular flexibility index (Phi) is 3.90. The van der Waals surface area contributed by atoms with Crippen molar-refractivity contribution in [1.82, 2.24) is 15.0 Å². The van der Waals surface area contributed by atoms with Crippen molar-refractivity contribution in [3.63, 3.8) is 0 Å². The molecule has 0 atom stereocenters. The molecule has 1 aromatic carbocycles. The summed E-state index contributed by atoms with van der Waals surface area (Å²) in [6, 6.07) is 15.8. The fourth-order valence-electron chi connectivity index (χ4n) is 2.99. The van der Waals surface area contributed by atoms with Crippen LogP contribution >= 0.6 is 0 Å². The van der Waals surface area contributed by atoms with E-state index in [1.807, 2.05) is 37.4 Å². The van der Waals surface area contributed by atoms with Crippen molar-refractivity contribution < 1.29 is 4.79 Å². The van der Waals surface area contributed by atoms with E-state index in [2.05, 4.69) is 38.5 Å². The number of aromatic amines is 1. The maximum Gasteiger partial charge on any atom is 0.225 e. The van der Waals surface area contributed by atoms with Crippen LogP contribution in [0.5, 0.6) is 0 Å². The van der Waals surface area contributed by atoms with Gasteiger partial charge in [-0.05, 0) is 37.6 Å². The second-order valence-electron chi connectivity index (χ2n) is 6.10. The van der Waals surface area contributed by atoms with Crippen LogP contribution in [-0.4, -0.2) is 20.9 Å². The van der Waals surface area contributed by atoms with E-state index in [9.17, 15) is 4.79 Å². The Hall–Kier alpha value is -3.21. The summed E-state index contributed by atoms with van der Waals surface area (Å²) in [7, 11) is 0. The van der Waals surface area contributed by atoms with Gasteiger partial charge in [-0.3, -0.25) is 9.78 Å². The van der Waals surface area contributed by atoms with Gasteiger partial charge >= 0.3 is 0 Å². The number of benzene rings is 1. The highest BCUT2D eigenvalue weighted by Crippen LogP contribution is 2.25. The molecule has 0 saturated carbocycles. The van der Waals surface area contributed by atoms with E-state index in [0.717, 1.165) is 27.8 Å². The molecule has 5 heteroatoms. The summed E-state index contributed by atoms with van der Waals surface area (Å²) in [6.45, 7) is 1.90. The quantitative estimate of drug-likeness (QED) is 0.594. The first-order valence-corrected chi connectivity index (χ1v) is 8.28. The minimum atomic E-state index is -0.0566. The van der Waals surface area contributed by atoms with Crippen LogP contribution in [0.1, 0.15) is 17.8 Å². The summed E-state index contributed by atoms with van der Waals surface area (Å²) in [4.78, 5) is 24.2. The molecule has 124 valence electrons. The summed E-state index contributed by atoms with van der Waals surface area (Å²) in [5, 5.41) is 5.15. The van der Waals surface area contributed by atoms with Gasteiger partial charge in [0, 0.05) is 34.1 Å². The minimum Gasteiger partial charge on any atom is -0.353 e. The molecule has 0 fully saturated rings. The average molecular weight is 330 g/mol. The lowest BCUT2D eigenvalue weighted by Gasteiger charge is -2.05. The molecule has 5 nitrogen and oxygen atoms in total. The number of para-hydroxylation sites is 1. The Bertz CT molecular complexity index is 1070.